The molecule has 6 nitrogen and oxygen atoms in total. The van der Waals surface area contributed by atoms with Crippen LogP contribution in [-0.2, 0) is 9.04 Å². The van der Waals surface area contributed by atoms with Crippen molar-refractivity contribution in [3.63, 3.8) is 0 Å². The molecular weight excluding hydrogens is 502 g/mol. The fourth-order valence-electron chi connectivity index (χ4n) is 0. The molecule has 0 saturated heterocycles. The van der Waals surface area contributed by atoms with Crippen LogP contribution in [0, 0.1) is 27.8 Å². The third kappa shape index (κ3) is 132. The second-order valence-corrected chi connectivity index (χ2v) is 2.12. The molecule has 0 rings (SSSR count). The first-order valence-electron chi connectivity index (χ1n) is 1.14. The molecule has 1 radical (unpaired) electrons. The molecule has 0 saturated carbocycles. The molecule has 0 fully saturated rings. The van der Waals surface area contributed by atoms with Gasteiger partial charge in [0.2, 0.25) is 0 Å². The molecule has 0 bridgehead atoms. The summed E-state index contributed by atoms with van der Waals surface area (Å²) in [6.45, 7) is 0. The first kappa shape index (κ1) is 17.4. The number of phosphoric acid groups is 1. The number of rotatable bonds is 0. The van der Waals surface area contributed by atoms with Crippen LogP contribution in [0.1, 0.15) is 0 Å². The predicted molar refractivity (Wildman–Crippen MR) is 14.7 cm³/mol. The Kier molecular flexibility index (Phi) is 20.0. The summed E-state index contributed by atoms with van der Waals surface area (Å²) < 4.78 is 25.7. The molecule has 0 unspecified atom stereocenters. The SMILES string of the molecule is O=P([O-])([O-])[O-].[Ba+].[O]=[U+2]=[O]. The van der Waals surface area contributed by atoms with E-state index in [0.29, 0.717) is 0 Å². The summed E-state index contributed by atoms with van der Waals surface area (Å²) in [5.74, 6) is 0. The molecule has 0 aromatic heterocycles. The van der Waals surface area contributed by atoms with Crippen molar-refractivity contribution < 1.29 is 51.5 Å². The third-order valence-electron chi connectivity index (χ3n) is 0. The molecule has 0 N–H and O–H groups in total. The molecule has 0 heterocycles. The maximum absolute atomic E-state index is 8.58. The zero-order chi connectivity index (χ0) is 7.21. The van der Waals surface area contributed by atoms with Gasteiger partial charge in [-0.2, -0.15) is 7.82 Å². The van der Waals surface area contributed by atoms with Crippen molar-refractivity contribution in [2.24, 2.45) is 0 Å². The number of hydrogen-bond donors (Lipinski definition) is 0. The molecule has 0 atom stereocenters. The summed E-state index contributed by atoms with van der Waals surface area (Å²) in [5.41, 5.74) is 0. The van der Waals surface area contributed by atoms with Crippen molar-refractivity contribution in [3.8, 4) is 0 Å². The second kappa shape index (κ2) is 10.3. The van der Waals surface area contributed by atoms with Gasteiger partial charge in [0.25, 0.3) is 0 Å². The van der Waals surface area contributed by atoms with E-state index in [4.69, 9.17) is 23.7 Å². The summed E-state index contributed by atoms with van der Waals surface area (Å²) in [4.78, 5) is 25.6. The van der Waals surface area contributed by atoms with E-state index < -0.39 is 35.6 Å². The van der Waals surface area contributed by atoms with Crippen LogP contribution in [0.4, 0.5) is 0 Å². The van der Waals surface area contributed by atoms with Crippen LogP contribution in [0.2, 0.25) is 0 Å². The summed E-state index contributed by atoms with van der Waals surface area (Å²) in [6.07, 6.45) is 0. The van der Waals surface area contributed by atoms with E-state index in [1.165, 1.54) is 0 Å². The Morgan fingerprint density at radius 2 is 1.11 bits per heavy atom. The van der Waals surface area contributed by atoms with Crippen LogP contribution in [0.3, 0.4) is 0 Å². The van der Waals surface area contributed by atoms with E-state index in [2.05, 4.69) is 0 Å². The Morgan fingerprint density at radius 1 is 1.11 bits per heavy atom. The van der Waals surface area contributed by atoms with Crippen molar-refractivity contribution in [1.82, 2.24) is 0 Å². The van der Waals surface area contributed by atoms with Crippen LogP contribution in [0.25, 0.3) is 0 Å². The Hall–Kier alpha value is 2.33. The standard InChI is InChI=1S/Ba.H3O4P.2O.U/c;1-5(2,3)4;;;/h;(H3,1,2,3,4);;;/q+1;;;;+2/p-3. The molecular formula is BaO6PU. The van der Waals surface area contributed by atoms with Crippen LogP contribution in [0.5, 0.6) is 0 Å². The van der Waals surface area contributed by atoms with Crippen LogP contribution in [-0.4, -0.2) is 48.9 Å². The molecule has 0 aromatic carbocycles. The van der Waals surface area contributed by atoms with Crippen molar-refractivity contribution >= 4 is 56.7 Å². The molecule has 9 heteroatoms. The van der Waals surface area contributed by atoms with Crippen molar-refractivity contribution in [2.45, 2.75) is 0 Å². The van der Waals surface area contributed by atoms with E-state index in [1.54, 1.807) is 0 Å². The molecule has 9 heavy (non-hydrogen) atoms. The van der Waals surface area contributed by atoms with Crippen molar-refractivity contribution in [1.29, 1.82) is 0 Å². The van der Waals surface area contributed by atoms with E-state index in [0.717, 1.165) is 0 Å². The van der Waals surface area contributed by atoms with Crippen LogP contribution >= 0.6 is 7.82 Å². The van der Waals surface area contributed by atoms with Crippen LogP contribution in [0.15, 0.2) is 0 Å². The van der Waals surface area contributed by atoms with Gasteiger partial charge in [0.15, 0.2) is 0 Å². The van der Waals surface area contributed by atoms with E-state index >= 15 is 0 Å². The monoisotopic (exact) mass is 503 g/mol. The fourth-order valence-corrected chi connectivity index (χ4v) is 0. The normalized spacial score (nSPS) is 7.44. The minimum atomic E-state index is -5.39. The van der Waals surface area contributed by atoms with Gasteiger partial charge in [-0.1, -0.05) is 0 Å². The predicted octanol–water partition coefficient (Wildman–Crippen LogP) is -3.44. The van der Waals surface area contributed by atoms with Gasteiger partial charge in [-0.3, -0.25) is 0 Å². The third-order valence-corrected chi connectivity index (χ3v) is 0. The van der Waals surface area contributed by atoms with Crippen LogP contribution < -0.4 is 14.7 Å². The van der Waals surface area contributed by atoms with E-state index in [1.807, 2.05) is 0 Å². The van der Waals surface area contributed by atoms with Gasteiger partial charge >= 0.3 is 81.2 Å². The topological polar surface area (TPSA) is 120 Å². The van der Waals surface area contributed by atoms with Gasteiger partial charge in [0.05, 0.1) is 0 Å². The quantitative estimate of drug-likeness (QED) is 0.251. The summed E-state index contributed by atoms with van der Waals surface area (Å²) in [5, 5.41) is 0. The number of hydrogen-bond acceptors (Lipinski definition) is 6. The zero-order valence-corrected chi connectivity index (χ0v) is 13.6. The molecule has 47 valence electrons. The summed E-state index contributed by atoms with van der Waals surface area (Å²) >= 11 is -2.51. The van der Waals surface area contributed by atoms with E-state index in [9.17, 15) is 0 Å². The Labute approximate surface area is 106 Å². The van der Waals surface area contributed by atoms with E-state index in [-0.39, 0.29) is 48.9 Å². The first-order chi connectivity index (χ1) is 3.41. The molecule has 0 amide bonds. The van der Waals surface area contributed by atoms with Gasteiger partial charge in [-0.25, -0.2) is 0 Å². The average Bonchev–Trinajstić information content (AvgIpc) is 1.27. The van der Waals surface area contributed by atoms with Gasteiger partial charge in [-0.15, -0.1) is 0 Å². The second-order valence-electron chi connectivity index (χ2n) is 0.531. The first-order valence-corrected chi connectivity index (χ1v) is 6.00. The van der Waals surface area contributed by atoms with Gasteiger partial charge in [0.1, 0.15) is 0 Å². The van der Waals surface area contributed by atoms with Crippen molar-refractivity contribution in [3.05, 3.63) is 0 Å². The Bertz CT molecular complexity index is 111. The van der Waals surface area contributed by atoms with Gasteiger partial charge in [0, 0.05) is 0 Å². The summed E-state index contributed by atoms with van der Waals surface area (Å²) in [7, 11) is -5.39. The van der Waals surface area contributed by atoms with Gasteiger partial charge in [-0.05, 0) is 0 Å². The molecule has 0 aliphatic heterocycles. The Morgan fingerprint density at radius 3 is 1.11 bits per heavy atom. The molecule has 0 aliphatic rings. The van der Waals surface area contributed by atoms with Crippen molar-refractivity contribution in [2.75, 3.05) is 0 Å². The zero-order valence-electron chi connectivity index (χ0n) is 4.10. The molecule has 0 spiro atoms. The van der Waals surface area contributed by atoms with Gasteiger partial charge < -0.3 is 19.2 Å². The summed E-state index contributed by atoms with van der Waals surface area (Å²) in [6, 6.07) is 0. The fraction of sp³-hybridized carbons (Fsp3) is 0. The Balaban J connectivity index is -0.0000000800. The average molecular weight is 502 g/mol. The molecule has 0 aromatic rings. The maximum atomic E-state index is 8.58. The molecule has 0 aliphatic carbocycles. The minimum absolute atomic E-state index is 0.